The van der Waals surface area contributed by atoms with Crippen LogP contribution in [0.4, 0.5) is 0 Å². The van der Waals surface area contributed by atoms with Gasteiger partial charge in [0.25, 0.3) is 0 Å². The van der Waals surface area contributed by atoms with Gasteiger partial charge in [-0.3, -0.25) is 4.79 Å². The summed E-state index contributed by atoms with van der Waals surface area (Å²) in [5.41, 5.74) is 0. The van der Waals surface area contributed by atoms with E-state index in [4.69, 9.17) is 4.42 Å². The molecule has 0 fully saturated rings. The van der Waals surface area contributed by atoms with Gasteiger partial charge in [-0.2, -0.15) is 0 Å². The van der Waals surface area contributed by atoms with E-state index in [0.29, 0.717) is 5.76 Å². The average molecular weight is 369 g/mol. The predicted octanol–water partition coefficient (Wildman–Crippen LogP) is 1.06. The van der Waals surface area contributed by atoms with Crippen molar-refractivity contribution in [1.29, 1.82) is 0 Å². The van der Waals surface area contributed by atoms with Gasteiger partial charge in [0.05, 0.1) is 5.75 Å². The van der Waals surface area contributed by atoms with Gasteiger partial charge in [0.2, 0.25) is 5.91 Å². The number of nitrogens with one attached hydrogen (secondary N) is 1. The van der Waals surface area contributed by atoms with E-state index in [1.54, 1.807) is 12.1 Å². The molecular weight excluding hydrogens is 357 g/mol. The van der Waals surface area contributed by atoms with Gasteiger partial charge in [-0.15, -0.1) is 0 Å². The summed E-state index contributed by atoms with van der Waals surface area (Å²) in [6, 6.07) is 3.52. The number of hydrogen-bond donors (Lipinski definition) is 1. The van der Waals surface area contributed by atoms with Gasteiger partial charge < -0.3 is 9.73 Å². The molecule has 0 aliphatic carbocycles. The first kappa shape index (κ1) is 14.2. The summed E-state index contributed by atoms with van der Waals surface area (Å²) in [7, 11) is -3.04. The average Bonchev–Trinajstić information content (AvgIpc) is 2.59. The first-order valence-corrected chi connectivity index (χ1v) is 7.90. The highest BCUT2D eigenvalue weighted by Crippen LogP contribution is 2.11. The summed E-state index contributed by atoms with van der Waals surface area (Å²) < 4.78 is 27.6. The smallest absolute Gasteiger partial charge is 0.244 e. The van der Waals surface area contributed by atoms with Crippen LogP contribution in [0, 0.1) is 3.77 Å². The Kier molecular flexibility index (Phi) is 5.19. The lowest BCUT2D eigenvalue weighted by molar-refractivity contribution is -0.116. The SMILES string of the molecule is CS(=O)(=O)CCNC(=O)/C=C/c1ccc(I)o1. The first-order chi connectivity index (χ1) is 7.87. The Morgan fingerprint density at radius 3 is 2.76 bits per heavy atom. The van der Waals surface area contributed by atoms with E-state index in [1.165, 1.54) is 12.2 Å². The zero-order valence-corrected chi connectivity index (χ0v) is 12.1. The van der Waals surface area contributed by atoms with E-state index >= 15 is 0 Å². The number of hydrogen-bond acceptors (Lipinski definition) is 4. The Bertz CT molecular complexity index is 518. The molecule has 0 spiro atoms. The molecule has 1 aromatic heterocycles. The van der Waals surface area contributed by atoms with Gasteiger partial charge in [-0.1, -0.05) is 0 Å². The molecule has 0 aliphatic rings. The topological polar surface area (TPSA) is 76.4 Å². The maximum absolute atomic E-state index is 11.3. The lowest BCUT2D eigenvalue weighted by Crippen LogP contribution is -2.27. The molecule has 1 heterocycles. The minimum Gasteiger partial charge on any atom is -0.451 e. The third-order valence-corrected chi connectivity index (χ3v) is 3.29. The summed E-state index contributed by atoms with van der Waals surface area (Å²) in [5, 5.41) is 2.47. The highest BCUT2D eigenvalue weighted by atomic mass is 127. The molecule has 0 bridgehead atoms. The molecule has 0 radical (unpaired) electrons. The Morgan fingerprint density at radius 1 is 1.53 bits per heavy atom. The molecule has 0 atom stereocenters. The van der Waals surface area contributed by atoms with E-state index in [2.05, 4.69) is 5.32 Å². The monoisotopic (exact) mass is 369 g/mol. The number of amides is 1. The van der Waals surface area contributed by atoms with Gasteiger partial charge in [0.1, 0.15) is 15.6 Å². The third-order valence-electron chi connectivity index (χ3n) is 1.77. The fourth-order valence-corrected chi connectivity index (χ4v) is 1.90. The molecule has 0 saturated carbocycles. The number of carbonyl (C=O) groups is 1. The van der Waals surface area contributed by atoms with Crippen LogP contribution in [-0.2, 0) is 14.6 Å². The largest absolute Gasteiger partial charge is 0.451 e. The van der Waals surface area contributed by atoms with E-state index in [1.807, 2.05) is 22.6 Å². The van der Waals surface area contributed by atoms with Gasteiger partial charge in [-0.05, 0) is 40.8 Å². The fraction of sp³-hybridized carbons (Fsp3) is 0.300. The van der Waals surface area contributed by atoms with Gasteiger partial charge >= 0.3 is 0 Å². The molecule has 1 aromatic rings. The van der Waals surface area contributed by atoms with E-state index in [-0.39, 0.29) is 18.2 Å². The van der Waals surface area contributed by atoms with Crippen molar-refractivity contribution in [2.24, 2.45) is 0 Å². The second-order valence-electron chi connectivity index (χ2n) is 3.40. The Hall–Kier alpha value is -0.830. The van der Waals surface area contributed by atoms with Crippen molar-refractivity contribution in [3.05, 3.63) is 27.7 Å². The van der Waals surface area contributed by atoms with Crippen molar-refractivity contribution in [2.75, 3.05) is 18.6 Å². The zero-order valence-electron chi connectivity index (χ0n) is 9.14. The van der Waals surface area contributed by atoms with Crippen LogP contribution >= 0.6 is 22.6 Å². The third kappa shape index (κ3) is 6.47. The van der Waals surface area contributed by atoms with Crippen molar-refractivity contribution in [2.45, 2.75) is 0 Å². The van der Waals surface area contributed by atoms with Crippen LogP contribution < -0.4 is 5.32 Å². The molecule has 1 amide bonds. The molecule has 0 saturated heterocycles. The second kappa shape index (κ2) is 6.20. The molecular formula is C10H12INO4S. The molecule has 0 aromatic carbocycles. The second-order valence-corrected chi connectivity index (χ2v) is 6.72. The highest BCUT2D eigenvalue weighted by molar-refractivity contribution is 14.1. The Balaban J connectivity index is 2.37. The van der Waals surface area contributed by atoms with Crippen LogP contribution in [0.15, 0.2) is 22.6 Å². The standard InChI is InChI=1S/C10H12INO4S/c1-17(14,15)7-6-12-10(13)5-3-8-2-4-9(11)16-8/h2-5H,6-7H2,1H3,(H,12,13)/b5-3+. The Labute approximate surface area is 113 Å². The predicted molar refractivity (Wildman–Crippen MR) is 73.2 cm³/mol. The van der Waals surface area contributed by atoms with Crippen molar-refractivity contribution >= 4 is 44.4 Å². The van der Waals surface area contributed by atoms with Crippen LogP contribution in [0.25, 0.3) is 6.08 Å². The van der Waals surface area contributed by atoms with Crippen molar-refractivity contribution in [1.82, 2.24) is 5.32 Å². The maximum Gasteiger partial charge on any atom is 0.244 e. The lowest BCUT2D eigenvalue weighted by atomic mass is 10.4. The minimum absolute atomic E-state index is 0.0643. The molecule has 0 aliphatic heterocycles. The normalized spacial score (nSPS) is 11.9. The fourth-order valence-electron chi connectivity index (χ4n) is 0.994. The molecule has 0 unspecified atom stereocenters. The van der Waals surface area contributed by atoms with E-state index in [0.717, 1.165) is 10.0 Å². The van der Waals surface area contributed by atoms with Gasteiger partial charge in [0, 0.05) is 18.9 Å². The summed E-state index contributed by atoms with van der Waals surface area (Å²) in [6.07, 6.45) is 3.95. The lowest BCUT2D eigenvalue weighted by Gasteiger charge is -1.99. The zero-order chi connectivity index (χ0) is 12.9. The Morgan fingerprint density at radius 2 is 2.24 bits per heavy atom. The number of furan rings is 1. The number of carbonyl (C=O) groups excluding carboxylic acids is 1. The van der Waals surface area contributed by atoms with Crippen molar-refractivity contribution in [3.63, 3.8) is 0 Å². The van der Waals surface area contributed by atoms with E-state index in [9.17, 15) is 13.2 Å². The van der Waals surface area contributed by atoms with Crippen molar-refractivity contribution < 1.29 is 17.6 Å². The number of rotatable bonds is 5. The molecule has 1 N–H and O–H groups in total. The maximum atomic E-state index is 11.3. The van der Waals surface area contributed by atoms with Crippen LogP contribution in [0.5, 0.6) is 0 Å². The highest BCUT2D eigenvalue weighted by Gasteiger charge is 2.02. The van der Waals surface area contributed by atoms with E-state index < -0.39 is 9.84 Å². The molecule has 5 nitrogen and oxygen atoms in total. The van der Waals surface area contributed by atoms with Crippen LogP contribution in [0.2, 0.25) is 0 Å². The van der Waals surface area contributed by atoms with Crippen LogP contribution in [0.3, 0.4) is 0 Å². The van der Waals surface area contributed by atoms with Crippen molar-refractivity contribution in [3.8, 4) is 0 Å². The number of halogens is 1. The van der Waals surface area contributed by atoms with Crippen LogP contribution in [-0.4, -0.2) is 32.9 Å². The quantitative estimate of drug-likeness (QED) is 0.622. The van der Waals surface area contributed by atoms with Crippen LogP contribution in [0.1, 0.15) is 5.76 Å². The van der Waals surface area contributed by atoms with Gasteiger partial charge in [-0.25, -0.2) is 8.42 Å². The number of sulfone groups is 1. The summed E-state index contributed by atoms with van der Waals surface area (Å²) in [4.78, 5) is 11.3. The summed E-state index contributed by atoms with van der Waals surface area (Å²) >= 11 is 2.02. The molecule has 17 heavy (non-hydrogen) atoms. The summed E-state index contributed by atoms with van der Waals surface area (Å²) in [6.45, 7) is 0.109. The molecule has 1 rings (SSSR count). The minimum atomic E-state index is -3.04. The van der Waals surface area contributed by atoms with Gasteiger partial charge in [0.15, 0.2) is 3.77 Å². The molecule has 7 heteroatoms. The summed E-state index contributed by atoms with van der Waals surface area (Å²) in [5.74, 6) is 0.165. The molecule has 94 valence electrons. The first-order valence-electron chi connectivity index (χ1n) is 4.76.